The minimum Gasteiger partial charge on any atom is -0.357 e. The minimum atomic E-state index is 0.511. The Labute approximate surface area is 139 Å². The Morgan fingerprint density at radius 3 is 2.73 bits per heavy atom. The average molecular weight is 323 g/mol. The van der Waals surface area contributed by atoms with Crippen molar-refractivity contribution < 1.29 is 0 Å². The summed E-state index contributed by atoms with van der Waals surface area (Å²) < 4.78 is 0. The average Bonchev–Trinajstić information content (AvgIpc) is 3.16. The highest BCUT2D eigenvalue weighted by Crippen LogP contribution is 2.34. The van der Waals surface area contributed by atoms with Gasteiger partial charge in [0.15, 0.2) is 5.96 Å². The Morgan fingerprint density at radius 2 is 2.18 bits per heavy atom. The van der Waals surface area contributed by atoms with Crippen molar-refractivity contribution in [2.45, 2.75) is 38.6 Å². The van der Waals surface area contributed by atoms with E-state index in [0.29, 0.717) is 12.0 Å². The second kappa shape index (κ2) is 8.53. The third-order valence-corrected chi connectivity index (χ3v) is 5.32. The molecule has 2 atom stereocenters. The van der Waals surface area contributed by atoms with Crippen LogP contribution in [0.3, 0.4) is 0 Å². The van der Waals surface area contributed by atoms with E-state index in [1.165, 1.54) is 17.7 Å². The fraction of sp³-hybridized carbons (Fsp3) is 0.706. The number of guanidine groups is 1. The maximum Gasteiger partial charge on any atom is 0.191 e. The van der Waals surface area contributed by atoms with Crippen LogP contribution in [0.5, 0.6) is 0 Å². The van der Waals surface area contributed by atoms with Gasteiger partial charge in [-0.2, -0.15) is 0 Å². The summed E-state index contributed by atoms with van der Waals surface area (Å²) in [5.74, 6) is 2.29. The lowest BCUT2D eigenvalue weighted by Gasteiger charge is -2.23. The Balaban J connectivity index is 1.86. The van der Waals surface area contributed by atoms with Crippen LogP contribution in [0, 0.1) is 5.92 Å². The van der Waals surface area contributed by atoms with E-state index in [2.05, 4.69) is 61.0 Å². The first-order valence-corrected chi connectivity index (χ1v) is 9.21. The Morgan fingerprint density at radius 1 is 1.41 bits per heavy atom. The summed E-state index contributed by atoms with van der Waals surface area (Å²) in [4.78, 5) is 8.55. The Kier molecular flexibility index (Phi) is 6.70. The van der Waals surface area contributed by atoms with Crippen LogP contribution in [0.2, 0.25) is 0 Å². The van der Waals surface area contributed by atoms with Crippen molar-refractivity contribution in [1.29, 1.82) is 0 Å². The zero-order valence-corrected chi connectivity index (χ0v) is 15.1. The second-order valence-electron chi connectivity index (χ2n) is 6.39. The number of likely N-dealkylation sites (N-methyl/N-ethyl adjacent to an activating group) is 1. The molecule has 0 aliphatic heterocycles. The van der Waals surface area contributed by atoms with Crippen LogP contribution in [0.1, 0.15) is 37.5 Å². The first-order valence-electron chi connectivity index (χ1n) is 8.33. The highest BCUT2D eigenvalue weighted by molar-refractivity contribution is 7.10. The van der Waals surface area contributed by atoms with Gasteiger partial charge < -0.3 is 15.5 Å². The van der Waals surface area contributed by atoms with E-state index in [9.17, 15) is 0 Å². The molecule has 22 heavy (non-hydrogen) atoms. The van der Waals surface area contributed by atoms with Gasteiger partial charge in [0.25, 0.3) is 0 Å². The van der Waals surface area contributed by atoms with E-state index in [-0.39, 0.29) is 0 Å². The van der Waals surface area contributed by atoms with Gasteiger partial charge in [0.05, 0.1) is 6.54 Å². The van der Waals surface area contributed by atoms with Crippen LogP contribution >= 0.6 is 11.3 Å². The van der Waals surface area contributed by atoms with Crippen molar-refractivity contribution in [2.75, 3.05) is 33.7 Å². The normalized spacial score (nSPS) is 18.3. The molecule has 0 aromatic carbocycles. The molecule has 2 rings (SSSR count). The molecule has 124 valence electrons. The topological polar surface area (TPSA) is 39.7 Å². The molecule has 1 aliphatic rings. The molecule has 2 unspecified atom stereocenters. The van der Waals surface area contributed by atoms with Gasteiger partial charge in [0.2, 0.25) is 0 Å². The van der Waals surface area contributed by atoms with Crippen LogP contribution in [0.4, 0.5) is 0 Å². The lowest BCUT2D eigenvalue weighted by atomic mass is 10.1. The van der Waals surface area contributed by atoms with E-state index in [4.69, 9.17) is 4.99 Å². The van der Waals surface area contributed by atoms with Crippen LogP contribution in [-0.2, 0) is 0 Å². The number of rotatable bonds is 8. The third kappa shape index (κ3) is 5.29. The van der Waals surface area contributed by atoms with Crippen LogP contribution < -0.4 is 10.6 Å². The zero-order chi connectivity index (χ0) is 15.9. The maximum absolute atomic E-state index is 4.81. The number of nitrogens with zero attached hydrogens (tertiary/aromatic N) is 2. The van der Waals surface area contributed by atoms with E-state index >= 15 is 0 Å². The molecule has 1 aromatic heterocycles. The zero-order valence-electron chi connectivity index (χ0n) is 14.3. The molecule has 1 saturated carbocycles. The molecule has 1 aromatic rings. The van der Waals surface area contributed by atoms with E-state index in [0.717, 1.165) is 31.5 Å². The molecule has 5 heteroatoms. The molecular formula is C17H30N4S. The van der Waals surface area contributed by atoms with Gasteiger partial charge in [-0.25, -0.2) is 0 Å². The smallest absolute Gasteiger partial charge is 0.191 e. The Hall–Kier alpha value is -1.07. The fourth-order valence-corrected chi connectivity index (χ4v) is 3.45. The molecule has 1 aliphatic carbocycles. The molecule has 0 saturated heterocycles. The number of hydrogen-bond acceptors (Lipinski definition) is 3. The van der Waals surface area contributed by atoms with E-state index in [1.54, 1.807) is 0 Å². The number of hydrogen-bond donors (Lipinski definition) is 2. The predicted octanol–water partition coefficient (Wildman–Crippen LogP) is 2.75. The number of aliphatic imine (C=N–C) groups is 1. The lowest BCUT2D eigenvalue weighted by molar-refractivity contribution is 0.271. The monoisotopic (exact) mass is 322 g/mol. The van der Waals surface area contributed by atoms with Gasteiger partial charge in [-0.05, 0) is 51.2 Å². The second-order valence-corrected chi connectivity index (χ2v) is 7.36. The lowest BCUT2D eigenvalue weighted by Crippen LogP contribution is -2.41. The summed E-state index contributed by atoms with van der Waals surface area (Å²) >= 11 is 1.82. The van der Waals surface area contributed by atoms with Gasteiger partial charge in [0, 0.05) is 29.9 Å². The quantitative estimate of drug-likeness (QED) is 0.571. The van der Waals surface area contributed by atoms with Crippen molar-refractivity contribution in [3.05, 3.63) is 22.4 Å². The minimum absolute atomic E-state index is 0.511. The molecule has 4 nitrogen and oxygen atoms in total. The Bertz CT molecular complexity index is 449. The fourth-order valence-electron chi connectivity index (χ4n) is 2.66. The van der Waals surface area contributed by atoms with Crippen molar-refractivity contribution in [1.82, 2.24) is 15.5 Å². The molecule has 1 heterocycles. The summed E-state index contributed by atoms with van der Waals surface area (Å²) in [6.07, 6.45) is 2.72. The molecular weight excluding hydrogens is 292 g/mol. The van der Waals surface area contributed by atoms with E-state index < -0.39 is 0 Å². The summed E-state index contributed by atoms with van der Waals surface area (Å²) in [5, 5.41) is 8.99. The predicted molar refractivity (Wildman–Crippen MR) is 96.9 cm³/mol. The van der Waals surface area contributed by atoms with Gasteiger partial charge in [-0.15, -0.1) is 11.3 Å². The van der Waals surface area contributed by atoms with Crippen LogP contribution in [-0.4, -0.2) is 50.6 Å². The van der Waals surface area contributed by atoms with Crippen molar-refractivity contribution in [2.24, 2.45) is 10.9 Å². The highest BCUT2D eigenvalue weighted by atomic mass is 32.1. The van der Waals surface area contributed by atoms with Crippen LogP contribution in [0.25, 0.3) is 0 Å². The maximum atomic E-state index is 4.81. The largest absolute Gasteiger partial charge is 0.357 e. The van der Waals surface area contributed by atoms with Crippen molar-refractivity contribution >= 4 is 17.3 Å². The third-order valence-electron chi connectivity index (χ3n) is 4.21. The molecule has 2 N–H and O–H groups in total. The van der Waals surface area contributed by atoms with Crippen molar-refractivity contribution in [3.63, 3.8) is 0 Å². The molecule has 0 radical (unpaired) electrons. The standard InChI is InChI=1S/C17H30N4S/c1-5-18-17(19-11-13(2)16-7-6-10-22-16)20-12-15(21(3)4)14-8-9-14/h6-7,10,13-15H,5,8-9,11-12H2,1-4H3,(H2,18,19,20). The van der Waals surface area contributed by atoms with Gasteiger partial charge in [0.1, 0.15) is 0 Å². The summed E-state index contributed by atoms with van der Waals surface area (Å²) in [6, 6.07) is 4.90. The van der Waals surface area contributed by atoms with Crippen LogP contribution in [0.15, 0.2) is 22.5 Å². The van der Waals surface area contributed by atoms with Gasteiger partial charge in [-0.1, -0.05) is 13.0 Å². The number of nitrogens with one attached hydrogen (secondary N) is 2. The molecule has 0 amide bonds. The summed E-state index contributed by atoms with van der Waals surface area (Å²) in [7, 11) is 4.33. The molecule has 0 bridgehead atoms. The van der Waals surface area contributed by atoms with Crippen molar-refractivity contribution in [3.8, 4) is 0 Å². The van der Waals surface area contributed by atoms with Gasteiger partial charge in [-0.3, -0.25) is 4.99 Å². The molecule has 1 fully saturated rings. The summed E-state index contributed by atoms with van der Waals surface area (Å²) in [6.45, 7) is 7.07. The first kappa shape index (κ1) is 17.3. The highest BCUT2D eigenvalue weighted by Gasteiger charge is 2.32. The first-order chi connectivity index (χ1) is 10.6. The molecule has 0 spiro atoms. The number of thiophene rings is 1. The summed E-state index contributed by atoms with van der Waals surface area (Å²) in [5.41, 5.74) is 0. The SMILES string of the molecule is CCNC(=NCC(C1CC1)N(C)C)NCC(C)c1cccs1. The van der Waals surface area contributed by atoms with Gasteiger partial charge >= 0.3 is 0 Å². The van der Waals surface area contributed by atoms with E-state index in [1.807, 2.05) is 11.3 Å².